The molecular weight excluding hydrogens is 208 g/mol. The molecule has 0 heterocycles. The maximum absolute atomic E-state index is 8.62. The van der Waals surface area contributed by atoms with Gasteiger partial charge >= 0.3 is 0 Å². The predicted molar refractivity (Wildman–Crippen MR) is 75.8 cm³/mol. The summed E-state index contributed by atoms with van der Waals surface area (Å²) < 4.78 is 0. The van der Waals surface area contributed by atoms with Crippen LogP contribution in [0.2, 0.25) is 0 Å². The Kier molecular flexibility index (Phi) is 14.6. The molecule has 0 rings (SSSR count). The molecule has 17 heavy (non-hydrogen) atoms. The van der Waals surface area contributed by atoms with Crippen molar-refractivity contribution in [2.45, 2.75) is 71.1 Å². The standard InChI is InChI=1S/C16H28O/c1-2-3-4-5-6-7-8-9-10-11-12-13-14-15-16-17/h6-7,17H,2-3,8-16H2,1H3/b7-6+. The molecule has 0 atom stereocenters. The van der Waals surface area contributed by atoms with Gasteiger partial charge in [0.15, 0.2) is 0 Å². The van der Waals surface area contributed by atoms with Gasteiger partial charge in [0.25, 0.3) is 0 Å². The minimum Gasteiger partial charge on any atom is -0.396 e. The van der Waals surface area contributed by atoms with E-state index in [4.69, 9.17) is 5.11 Å². The minimum atomic E-state index is 0.351. The van der Waals surface area contributed by atoms with E-state index >= 15 is 0 Å². The van der Waals surface area contributed by atoms with Crippen LogP contribution in [0.4, 0.5) is 0 Å². The Morgan fingerprint density at radius 1 is 0.941 bits per heavy atom. The van der Waals surface area contributed by atoms with Gasteiger partial charge in [-0.05, 0) is 31.8 Å². The van der Waals surface area contributed by atoms with Crippen molar-refractivity contribution in [3.05, 3.63) is 12.2 Å². The van der Waals surface area contributed by atoms with E-state index in [9.17, 15) is 0 Å². The van der Waals surface area contributed by atoms with Crippen LogP contribution >= 0.6 is 0 Å². The van der Waals surface area contributed by atoms with Gasteiger partial charge in [0, 0.05) is 13.0 Å². The third-order valence-corrected chi connectivity index (χ3v) is 2.71. The van der Waals surface area contributed by atoms with Gasteiger partial charge in [0.05, 0.1) is 0 Å². The van der Waals surface area contributed by atoms with Crippen molar-refractivity contribution < 1.29 is 5.11 Å². The Bertz CT molecular complexity index is 219. The summed E-state index contributed by atoms with van der Waals surface area (Å²) in [5.74, 6) is 6.17. The second-order valence-corrected chi connectivity index (χ2v) is 4.46. The van der Waals surface area contributed by atoms with Crippen molar-refractivity contribution in [1.82, 2.24) is 0 Å². The fraction of sp³-hybridized carbons (Fsp3) is 0.750. The van der Waals surface area contributed by atoms with E-state index in [0.717, 1.165) is 25.7 Å². The topological polar surface area (TPSA) is 20.2 Å². The van der Waals surface area contributed by atoms with Crippen LogP contribution in [-0.2, 0) is 0 Å². The number of rotatable bonds is 10. The van der Waals surface area contributed by atoms with Crippen LogP contribution in [0.5, 0.6) is 0 Å². The van der Waals surface area contributed by atoms with Gasteiger partial charge in [-0.15, -0.1) is 0 Å². The molecule has 0 aromatic heterocycles. The quantitative estimate of drug-likeness (QED) is 0.438. The first-order chi connectivity index (χ1) is 8.41. The molecule has 0 aromatic rings. The predicted octanol–water partition coefficient (Wildman–Crippen LogP) is 4.46. The van der Waals surface area contributed by atoms with E-state index in [-0.39, 0.29) is 0 Å². The van der Waals surface area contributed by atoms with Gasteiger partial charge in [-0.2, -0.15) is 0 Å². The summed E-state index contributed by atoms with van der Waals surface area (Å²) in [5, 5.41) is 8.62. The number of aliphatic hydroxyl groups is 1. The summed E-state index contributed by atoms with van der Waals surface area (Å²) >= 11 is 0. The highest BCUT2D eigenvalue weighted by atomic mass is 16.2. The number of hydrogen-bond donors (Lipinski definition) is 1. The van der Waals surface area contributed by atoms with Crippen LogP contribution in [0.1, 0.15) is 71.1 Å². The fourth-order valence-corrected chi connectivity index (χ4v) is 1.66. The number of aliphatic hydroxyl groups excluding tert-OH is 1. The number of hydrogen-bond acceptors (Lipinski definition) is 1. The molecule has 0 amide bonds. The van der Waals surface area contributed by atoms with Crippen LogP contribution in [0, 0.1) is 11.8 Å². The van der Waals surface area contributed by atoms with Crippen molar-refractivity contribution in [3.63, 3.8) is 0 Å². The molecule has 0 saturated heterocycles. The Morgan fingerprint density at radius 3 is 2.24 bits per heavy atom. The largest absolute Gasteiger partial charge is 0.396 e. The summed E-state index contributed by atoms with van der Waals surface area (Å²) in [6, 6.07) is 0. The lowest BCUT2D eigenvalue weighted by molar-refractivity contribution is 0.282. The van der Waals surface area contributed by atoms with Crippen LogP contribution in [0.3, 0.4) is 0 Å². The molecule has 0 saturated carbocycles. The monoisotopic (exact) mass is 236 g/mol. The van der Waals surface area contributed by atoms with Crippen molar-refractivity contribution in [2.24, 2.45) is 0 Å². The SMILES string of the molecule is CCCC#C/C=C/CCCCCCCCCO. The van der Waals surface area contributed by atoms with Crippen LogP contribution in [0.15, 0.2) is 12.2 Å². The summed E-state index contributed by atoms with van der Waals surface area (Å²) in [7, 11) is 0. The summed E-state index contributed by atoms with van der Waals surface area (Å²) in [6.07, 6.45) is 16.2. The van der Waals surface area contributed by atoms with E-state index in [1.165, 1.54) is 38.5 Å². The normalized spacial score (nSPS) is 10.5. The Morgan fingerprint density at radius 2 is 1.59 bits per heavy atom. The Labute approximate surface area is 107 Å². The molecule has 0 bridgehead atoms. The average molecular weight is 236 g/mol. The van der Waals surface area contributed by atoms with Crippen molar-refractivity contribution >= 4 is 0 Å². The Hall–Kier alpha value is -0.740. The smallest absolute Gasteiger partial charge is 0.0431 e. The molecular formula is C16H28O. The second-order valence-electron chi connectivity index (χ2n) is 4.46. The molecule has 1 N–H and O–H groups in total. The van der Waals surface area contributed by atoms with Crippen molar-refractivity contribution in [2.75, 3.05) is 6.61 Å². The molecule has 0 fully saturated rings. The van der Waals surface area contributed by atoms with Crippen LogP contribution < -0.4 is 0 Å². The molecule has 0 spiro atoms. The van der Waals surface area contributed by atoms with Gasteiger partial charge in [-0.25, -0.2) is 0 Å². The molecule has 1 heteroatoms. The highest BCUT2D eigenvalue weighted by molar-refractivity contribution is 5.14. The first-order valence-electron chi connectivity index (χ1n) is 7.16. The molecule has 0 aliphatic carbocycles. The van der Waals surface area contributed by atoms with E-state index in [0.29, 0.717) is 6.61 Å². The van der Waals surface area contributed by atoms with Crippen LogP contribution in [-0.4, -0.2) is 11.7 Å². The first-order valence-corrected chi connectivity index (χ1v) is 7.16. The van der Waals surface area contributed by atoms with Gasteiger partial charge < -0.3 is 5.11 Å². The maximum atomic E-state index is 8.62. The fourth-order valence-electron chi connectivity index (χ4n) is 1.66. The van der Waals surface area contributed by atoms with E-state index in [1.54, 1.807) is 0 Å². The first kappa shape index (κ1) is 16.3. The van der Waals surface area contributed by atoms with E-state index in [1.807, 2.05) is 6.08 Å². The lowest BCUT2D eigenvalue weighted by Gasteiger charge is -1.99. The van der Waals surface area contributed by atoms with E-state index in [2.05, 4.69) is 24.8 Å². The highest BCUT2D eigenvalue weighted by Crippen LogP contribution is 2.08. The molecule has 0 aliphatic heterocycles. The van der Waals surface area contributed by atoms with E-state index < -0.39 is 0 Å². The zero-order valence-corrected chi connectivity index (χ0v) is 11.4. The molecule has 0 unspecified atom stereocenters. The zero-order chi connectivity index (χ0) is 12.6. The third-order valence-electron chi connectivity index (χ3n) is 2.71. The zero-order valence-electron chi connectivity index (χ0n) is 11.4. The second kappa shape index (κ2) is 15.3. The number of unbranched alkanes of at least 4 members (excludes halogenated alkanes) is 8. The van der Waals surface area contributed by atoms with Gasteiger partial charge in [-0.1, -0.05) is 56.9 Å². The summed E-state index contributed by atoms with van der Waals surface area (Å²) in [5.41, 5.74) is 0. The van der Waals surface area contributed by atoms with Crippen molar-refractivity contribution in [1.29, 1.82) is 0 Å². The third kappa shape index (κ3) is 15.3. The van der Waals surface area contributed by atoms with Gasteiger partial charge in [0.1, 0.15) is 0 Å². The lowest BCUT2D eigenvalue weighted by atomic mass is 10.1. The molecule has 98 valence electrons. The average Bonchev–Trinajstić information content (AvgIpc) is 2.35. The maximum Gasteiger partial charge on any atom is 0.0431 e. The van der Waals surface area contributed by atoms with Gasteiger partial charge in [0.2, 0.25) is 0 Å². The minimum absolute atomic E-state index is 0.351. The Balaban J connectivity index is 3.11. The molecule has 0 aliphatic rings. The van der Waals surface area contributed by atoms with Gasteiger partial charge in [-0.3, -0.25) is 0 Å². The molecule has 0 radical (unpaired) electrons. The molecule has 1 nitrogen and oxygen atoms in total. The number of allylic oxidation sites excluding steroid dienone is 2. The highest BCUT2D eigenvalue weighted by Gasteiger charge is 1.90. The van der Waals surface area contributed by atoms with Crippen molar-refractivity contribution in [3.8, 4) is 11.8 Å². The van der Waals surface area contributed by atoms with Crippen LogP contribution in [0.25, 0.3) is 0 Å². The summed E-state index contributed by atoms with van der Waals surface area (Å²) in [4.78, 5) is 0. The summed E-state index contributed by atoms with van der Waals surface area (Å²) in [6.45, 7) is 2.50. The lowest BCUT2D eigenvalue weighted by Crippen LogP contribution is -1.83. The molecule has 0 aromatic carbocycles.